The Bertz CT molecular complexity index is 513. The van der Waals surface area contributed by atoms with Gasteiger partial charge in [-0.05, 0) is 29.7 Å². The average molecular weight is 241 g/mol. The molecule has 18 heavy (non-hydrogen) atoms. The van der Waals surface area contributed by atoms with Crippen molar-refractivity contribution in [2.75, 3.05) is 13.1 Å². The van der Waals surface area contributed by atoms with Gasteiger partial charge < -0.3 is 5.32 Å². The van der Waals surface area contributed by atoms with E-state index in [1.54, 1.807) is 0 Å². The maximum absolute atomic E-state index is 14.5. The Hall–Kier alpha value is -1.67. The summed E-state index contributed by atoms with van der Waals surface area (Å²) in [6.07, 6.45) is 0.567. The Balaban J connectivity index is 1.90. The van der Waals surface area contributed by atoms with Crippen molar-refractivity contribution in [1.82, 2.24) is 5.32 Å². The van der Waals surface area contributed by atoms with Crippen LogP contribution in [-0.2, 0) is 5.67 Å². The third-order valence-corrected chi connectivity index (χ3v) is 3.61. The molecule has 1 saturated heterocycles. The summed E-state index contributed by atoms with van der Waals surface area (Å²) in [6, 6.07) is 18.0. The van der Waals surface area contributed by atoms with E-state index in [1.165, 1.54) is 5.56 Å². The van der Waals surface area contributed by atoms with Crippen molar-refractivity contribution in [1.29, 1.82) is 0 Å². The van der Waals surface area contributed by atoms with Crippen LogP contribution in [0.25, 0.3) is 11.1 Å². The zero-order valence-electron chi connectivity index (χ0n) is 10.2. The fourth-order valence-electron chi connectivity index (χ4n) is 2.50. The molecule has 1 fully saturated rings. The molecule has 0 bridgehead atoms. The molecule has 92 valence electrons. The normalized spacial score (nSPS) is 23.2. The van der Waals surface area contributed by atoms with E-state index >= 15 is 0 Å². The van der Waals surface area contributed by atoms with Crippen molar-refractivity contribution in [3.8, 4) is 11.1 Å². The summed E-state index contributed by atoms with van der Waals surface area (Å²) < 4.78 is 14.5. The lowest BCUT2D eigenvalue weighted by atomic mass is 9.93. The molecular weight excluding hydrogens is 225 g/mol. The largest absolute Gasteiger partial charge is 0.313 e. The zero-order valence-corrected chi connectivity index (χ0v) is 10.2. The molecule has 1 unspecified atom stereocenters. The van der Waals surface area contributed by atoms with E-state index in [2.05, 4.69) is 17.4 Å². The molecule has 2 aromatic carbocycles. The van der Waals surface area contributed by atoms with Crippen LogP contribution in [0.1, 0.15) is 12.0 Å². The Labute approximate surface area is 107 Å². The van der Waals surface area contributed by atoms with Crippen molar-refractivity contribution in [2.24, 2.45) is 0 Å². The average Bonchev–Trinajstić information content (AvgIpc) is 2.88. The van der Waals surface area contributed by atoms with Crippen LogP contribution >= 0.6 is 0 Å². The molecule has 0 saturated carbocycles. The molecule has 1 aliphatic rings. The van der Waals surface area contributed by atoms with Crippen molar-refractivity contribution in [3.05, 3.63) is 60.2 Å². The van der Waals surface area contributed by atoms with Crippen LogP contribution in [0.2, 0.25) is 0 Å². The predicted molar refractivity (Wildman–Crippen MR) is 72.2 cm³/mol. The van der Waals surface area contributed by atoms with Gasteiger partial charge in [-0.25, -0.2) is 4.39 Å². The topological polar surface area (TPSA) is 12.0 Å². The summed E-state index contributed by atoms with van der Waals surface area (Å²) in [5.41, 5.74) is 1.90. The number of rotatable bonds is 2. The van der Waals surface area contributed by atoms with Crippen LogP contribution in [0.5, 0.6) is 0 Å². The number of hydrogen-bond donors (Lipinski definition) is 1. The highest BCUT2D eigenvalue weighted by atomic mass is 19.1. The molecule has 0 spiro atoms. The molecule has 1 N–H and O–H groups in total. The van der Waals surface area contributed by atoms with E-state index in [1.807, 2.05) is 42.5 Å². The van der Waals surface area contributed by atoms with Crippen molar-refractivity contribution in [2.45, 2.75) is 12.1 Å². The highest BCUT2D eigenvalue weighted by Gasteiger charge is 2.35. The van der Waals surface area contributed by atoms with Crippen molar-refractivity contribution >= 4 is 0 Å². The van der Waals surface area contributed by atoms with Crippen LogP contribution in [0.15, 0.2) is 54.6 Å². The molecular formula is C16H16FN. The van der Waals surface area contributed by atoms with Gasteiger partial charge in [0.1, 0.15) is 5.67 Å². The summed E-state index contributed by atoms with van der Waals surface area (Å²) >= 11 is 0. The number of nitrogens with one attached hydrogen (secondary N) is 1. The quantitative estimate of drug-likeness (QED) is 0.848. The van der Waals surface area contributed by atoms with Crippen molar-refractivity contribution in [3.63, 3.8) is 0 Å². The molecule has 0 aromatic heterocycles. The Kier molecular flexibility index (Phi) is 2.88. The standard InChI is InChI=1S/C16H16FN/c17-16(10-11-18-12-16)15-8-6-14(7-9-15)13-4-2-1-3-5-13/h1-9,18H,10-12H2. The maximum atomic E-state index is 14.5. The summed E-state index contributed by atoms with van der Waals surface area (Å²) in [4.78, 5) is 0. The molecule has 1 heterocycles. The summed E-state index contributed by atoms with van der Waals surface area (Å²) in [5, 5.41) is 3.08. The number of benzene rings is 2. The van der Waals surface area contributed by atoms with Gasteiger partial charge in [-0.2, -0.15) is 0 Å². The minimum atomic E-state index is -1.19. The van der Waals surface area contributed by atoms with Gasteiger partial charge in [-0.15, -0.1) is 0 Å². The van der Waals surface area contributed by atoms with Gasteiger partial charge in [0.2, 0.25) is 0 Å². The molecule has 1 nitrogen and oxygen atoms in total. The van der Waals surface area contributed by atoms with E-state index in [9.17, 15) is 4.39 Å². The first kappa shape index (κ1) is 11.4. The number of hydrogen-bond acceptors (Lipinski definition) is 1. The van der Waals surface area contributed by atoms with Crippen LogP contribution in [-0.4, -0.2) is 13.1 Å². The Morgan fingerprint density at radius 3 is 2.17 bits per heavy atom. The Morgan fingerprint density at radius 2 is 1.56 bits per heavy atom. The van der Waals surface area contributed by atoms with Gasteiger partial charge in [-0.1, -0.05) is 54.6 Å². The van der Waals surface area contributed by atoms with Gasteiger partial charge in [-0.3, -0.25) is 0 Å². The van der Waals surface area contributed by atoms with Crippen molar-refractivity contribution < 1.29 is 4.39 Å². The third-order valence-electron chi connectivity index (χ3n) is 3.61. The van der Waals surface area contributed by atoms with Gasteiger partial charge in [0.25, 0.3) is 0 Å². The molecule has 0 radical (unpaired) electrons. The van der Waals surface area contributed by atoms with Gasteiger partial charge in [0.05, 0.1) is 0 Å². The Morgan fingerprint density at radius 1 is 0.889 bits per heavy atom. The molecule has 0 aliphatic carbocycles. The van der Waals surface area contributed by atoms with E-state index in [0.29, 0.717) is 13.0 Å². The van der Waals surface area contributed by atoms with E-state index in [0.717, 1.165) is 17.7 Å². The van der Waals surface area contributed by atoms with Gasteiger partial charge in [0, 0.05) is 6.54 Å². The molecule has 2 aromatic rings. The third kappa shape index (κ3) is 2.04. The van der Waals surface area contributed by atoms with Crippen LogP contribution in [0.3, 0.4) is 0 Å². The molecule has 2 heteroatoms. The molecule has 0 amide bonds. The summed E-state index contributed by atoms with van der Waals surface area (Å²) in [6.45, 7) is 1.19. The zero-order chi connectivity index (χ0) is 12.4. The first-order valence-electron chi connectivity index (χ1n) is 6.34. The summed E-state index contributed by atoms with van der Waals surface area (Å²) in [5.74, 6) is 0. The fourth-order valence-corrected chi connectivity index (χ4v) is 2.50. The molecule has 1 atom stereocenters. The second-order valence-electron chi connectivity index (χ2n) is 4.84. The SMILES string of the molecule is FC1(c2ccc(-c3ccccc3)cc2)CCNC1. The lowest BCUT2D eigenvalue weighted by Crippen LogP contribution is -2.23. The van der Waals surface area contributed by atoms with E-state index < -0.39 is 5.67 Å². The first-order chi connectivity index (χ1) is 8.78. The minimum Gasteiger partial charge on any atom is -0.313 e. The fraction of sp³-hybridized carbons (Fsp3) is 0.250. The second kappa shape index (κ2) is 4.54. The minimum absolute atomic E-state index is 0.428. The van der Waals surface area contributed by atoms with Crippen LogP contribution < -0.4 is 5.32 Å². The lowest BCUT2D eigenvalue weighted by Gasteiger charge is -2.18. The summed E-state index contributed by atoms with van der Waals surface area (Å²) in [7, 11) is 0. The van der Waals surface area contributed by atoms with Gasteiger partial charge in [0.15, 0.2) is 0 Å². The van der Waals surface area contributed by atoms with Gasteiger partial charge >= 0.3 is 0 Å². The van der Waals surface area contributed by atoms with E-state index in [-0.39, 0.29) is 0 Å². The van der Waals surface area contributed by atoms with Crippen LogP contribution in [0, 0.1) is 0 Å². The monoisotopic (exact) mass is 241 g/mol. The first-order valence-corrected chi connectivity index (χ1v) is 6.34. The molecule has 3 rings (SSSR count). The number of halogens is 1. The maximum Gasteiger partial charge on any atom is 0.149 e. The molecule has 1 aliphatic heterocycles. The second-order valence-corrected chi connectivity index (χ2v) is 4.84. The number of alkyl halides is 1. The highest BCUT2D eigenvalue weighted by molar-refractivity contribution is 5.63. The predicted octanol–water partition coefficient (Wildman–Crippen LogP) is 3.51. The van der Waals surface area contributed by atoms with E-state index in [4.69, 9.17) is 0 Å². The van der Waals surface area contributed by atoms with Crippen LogP contribution in [0.4, 0.5) is 4.39 Å². The lowest BCUT2D eigenvalue weighted by molar-refractivity contribution is 0.193. The smallest absolute Gasteiger partial charge is 0.149 e. The highest BCUT2D eigenvalue weighted by Crippen LogP contribution is 2.33.